The third-order valence-corrected chi connectivity index (χ3v) is 4.89. The van der Waals surface area contributed by atoms with Crippen LogP contribution in [0.2, 0.25) is 0 Å². The molecule has 2 saturated heterocycles. The molecule has 27 heavy (non-hydrogen) atoms. The molecular weight excluding hydrogens is 350 g/mol. The fourth-order valence-corrected chi connectivity index (χ4v) is 3.36. The first-order chi connectivity index (χ1) is 13.1. The average molecular weight is 375 g/mol. The summed E-state index contributed by atoms with van der Waals surface area (Å²) in [6.45, 7) is 3.44. The van der Waals surface area contributed by atoms with Gasteiger partial charge in [0, 0.05) is 32.2 Å². The minimum absolute atomic E-state index is 0.240. The highest BCUT2D eigenvalue weighted by Crippen LogP contribution is 2.30. The molecule has 8 heteroatoms. The molecule has 2 N–H and O–H groups in total. The van der Waals surface area contributed by atoms with Crippen molar-refractivity contribution in [2.75, 3.05) is 50.2 Å². The molecule has 146 valence electrons. The normalized spacial score (nSPS) is 19.0. The highest BCUT2D eigenvalue weighted by atomic mass is 16.5. The molecule has 0 saturated carbocycles. The van der Waals surface area contributed by atoms with Crippen molar-refractivity contribution in [1.29, 1.82) is 0 Å². The third-order valence-electron chi connectivity index (χ3n) is 4.89. The van der Waals surface area contributed by atoms with Crippen molar-refractivity contribution >= 4 is 29.2 Å². The molecule has 0 aliphatic carbocycles. The Hall–Kier alpha value is -2.61. The molecule has 2 heterocycles. The van der Waals surface area contributed by atoms with Gasteiger partial charge in [-0.25, -0.2) is 4.79 Å². The Morgan fingerprint density at radius 1 is 1.22 bits per heavy atom. The average Bonchev–Trinajstić information content (AvgIpc) is 3.39. The van der Waals surface area contributed by atoms with Crippen LogP contribution < -0.4 is 15.5 Å². The number of nitrogens with one attached hydrogen (secondary N) is 2. The molecular formula is C19H25N3O5. The predicted octanol–water partition coefficient (Wildman–Crippen LogP) is 1.16. The standard InChI is InChI=1S/C19H25N3O5/c1-26-19(25)14-4-5-16(22-7-2-3-8-22)15(10-14)21-18(24)17(23)20-11-13-6-9-27-12-13/h4-5,10,13H,2-3,6-9,11-12H2,1H3,(H,20,23)(H,21,24)/t13-/m0/s1. The topological polar surface area (TPSA) is 97.0 Å². The number of amides is 2. The summed E-state index contributed by atoms with van der Waals surface area (Å²) < 4.78 is 10.0. The first-order valence-electron chi connectivity index (χ1n) is 9.22. The quantitative estimate of drug-likeness (QED) is 0.592. The third kappa shape index (κ3) is 4.77. The zero-order valence-corrected chi connectivity index (χ0v) is 15.5. The van der Waals surface area contributed by atoms with Gasteiger partial charge < -0.3 is 25.0 Å². The van der Waals surface area contributed by atoms with Crippen molar-refractivity contribution in [3.8, 4) is 0 Å². The highest BCUT2D eigenvalue weighted by Gasteiger charge is 2.23. The predicted molar refractivity (Wildman–Crippen MR) is 99.8 cm³/mol. The largest absolute Gasteiger partial charge is 0.465 e. The van der Waals surface area contributed by atoms with Gasteiger partial charge in [0.25, 0.3) is 0 Å². The molecule has 0 radical (unpaired) electrons. The van der Waals surface area contributed by atoms with Crippen molar-refractivity contribution in [1.82, 2.24) is 5.32 Å². The monoisotopic (exact) mass is 375 g/mol. The summed E-state index contributed by atoms with van der Waals surface area (Å²) in [5.74, 6) is -1.71. The second-order valence-corrected chi connectivity index (χ2v) is 6.81. The van der Waals surface area contributed by atoms with Crippen LogP contribution in [-0.2, 0) is 19.1 Å². The number of anilines is 2. The summed E-state index contributed by atoms with van der Waals surface area (Å²) in [5, 5.41) is 5.30. The number of carbonyl (C=O) groups is 3. The van der Waals surface area contributed by atoms with Crippen LogP contribution in [0.1, 0.15) is 29.6 Å². The first-order valence-corrected chi connectivity index (χ1v) is 9.22. The number of ether oxygens (including phenoxy) is 2. The second-order valence-electron chi connectivity index (χ2n) is 6.81. The van der Waals surface area contributed by atoms with Crippen molar-refractivity contribution < 1.29 is 23.9 Å². The summed E-state index contributed by atoms with van der Waals surface area (Å²) in [6.07, 6.45) is 3.01. The molecule has 1 atom stereocenters. The van der Waals surface area contributed by atoms with Gasteiger partial charge in [0.05, 0.1) is 30.7 Å². The molecule has 1 aromatic carbocycles. The van der Waals surface area contributed by atoms with Crippen molar-refractivity contribution in [2.45, 2.75) is 19.3 Å². The van der Waals surface area contributed by atoms with Crippen LogP contribution in [0.5, 0.6) is 0 Å². The summed E-state index contributed by atoms with van der Waals surface area (Å²) in [7, 11) is 1.30. The number of hydrogen-bond acceptors (Lipinski definition) is 6. The fourth-order valence-electron chi connectivity index (χ4n) is 3.36. The van der Waals surface area contributed by atoms with E-state index in [1.54, 1.807) is 18.2 Å². The van der Waals surface area contributed by atoms with Crippen molar-refractivity contribution in [3.63, 3.8) is 0 Å². The van der Waals surface area contributed by atoms with Gasteiger partial charge in [-0.15, -0.1) is 0 Å². The number of benzene rings is 1. The molecule has 2 aliphatic heterocycles. The van der Waals surface area contributed by atoms with E-state index in [9.17, 15) is 14.4 Å². The van der Waals surface area contributed by atoms with Crippen LogP contribution in [0.4, 0.5) is 11.4 Å². The Balaban J connectivity index is 1.70. The Bertz CT molecular complexity index is 709. The van der Waals surface area contributed by atoms with Gasteiger partial charge in [-0.2, -0.15) is 0 Å². The van der Waals surface area contributed by atoms with Gasteiger partial charge in [0.2, 0.25) is 0 Å². The minimum Gasteiger partial charge on any atom is -0.465 e. The van der Waals surface area contributed by atoms with Crippen LogP contribution in [0.15, 0.2) is 18.2 Å². The van der Waals surface area contributed by atoms with Crippen LogP contribution in [0, 0.1) is 5.92 Å². The first kappa shape index (κ1) is 19.2. The van der Waals surface area contributed by atoms with Crippen LogP contribution in [0.25, 0.3) is 0 Å². The Kier molecular flexibility index (Phi) is 6.28. The van der Waals surface area contributed by atoms with E-state index in [2.05, 4.69) is 15.5 Å². The van der Waals surface area contributed by atoms with Crippen LogP contribution >= 0.6 is 0 Å². The van der Waals surface area contributed by atoms with Crippen LogP contribution in [0.3, 0.4) is 0 Å². The fraction of sp³-hybridized carbons (Fsp3) is 0.526. The van der Waals surface area contributed by atoms with Gasteiger partial charge in [0.1, 0.15) is 0 Å². The molecule has 3 rings (SSSR count). The number of rotatable bonds is 5. The van der Waals surface area contributed by atoms with E-state index in [0.717, 1.165) is 38.0 Å². The lowest BCUT2D eigenvalue weighted by molar-refractivity contribution is -0.136. The van der Waals surface area contributed by atoms with Gasteiger partial charge in [-0.3, -0.25) is 9.59 Å². The molecule has 0 unspecified atom stereocenters. The zero-order valence-electron chi connectivity index (χ0n) is 15.5. The number of methoxy groups -OCH3 is 1. The zero-order chi connectivity index (χ0) is 19.2. The van der Waals surface area contributed by atoms with Gasteiger partial charge in [-0.05, 0) is 37.5 Å². The van der Waals surface area contributed by atoms with E-state index < -0.39 is 17.8 Å². The maximum atomic E-state index is 12.3. The van der Waals surface area contributed by atoms with E-state index >= 15 is 0 Å². The Labute approximate surface area is 158 Å². The van der Waals surface area contributed by atoms with Crippen LogP contribution in [-0.4, -0.2) is 57.7 Å². The molecule has 8 nitrogen and oxygen atoms in total. The lowest BCUT2D eigenvalue weighted by Crippen LogP contribution is -2.38. The lowest BCUT2D eigenvalue weighted by Gasteiger charge is -2.22. The Morgan fingerprint density at radius 2 is 2.00 bits per heavy atom. The van der Waals surface area contributed by atoms with E-state index in [4.69, 9.17) is 9.47 Å². The second kappa shape index (κ2) is 8.85. The smallest absolute Gasteiger partial charge is 0.337 e. The Morgan fingerprint density at radius 3 is 2.67 bits per heavy atom. The van der Waals surface area contributed by atoms with Gasteiger partial charge in [-0.1, -0.05) is 0 Å². The van der Waals surface area contributed by atoms with Crippen molar-refractivity contribution in [3.05, 3.63) is 23.8 Å². The van der Waals surface area contributed by atoms with E-state index in [-0.39, 0.29) is 5.92 Å². The molecule has 0 spiro atoms. The maximum absolute atomic E-state index is 12.3. The minimum atomic E-state index is -0.753. The van der Waals surface area contributed by atoms with E-state index in [1.165, 1.54) is 7.11 Å². The summed E-state index contributed by atoms with van der Waals surface area (Å²) in [4.78, 5) is 38.4. The van der Waals surface area contributed by atoms with E-state index in [0.29, 0.717) is 31.0 Å². The van der Waals surface area contributed by atoms with Gasteiger partial charge >= 0.3 is 17.8 Å². The van der Waals surface area contributed by atoms with Crippen molar-refractivity contribution in [2.24, 2.45) is 5.92 Å². The molecule has 2 aliphatic rings. The number of carbonyl (C=O) groups excluding carboxylic acids is 3. The number of nitrogens with zero attached hydrogens (tertiary/aromatic N) is 1. The SMILES string of the molecule is COC(=O)c1ccc(N2CCCC2)c(NC(=O)C(=O)NC[C@@H]2CCOC2)c1. The highest BCUT2D eigenvalue weighted by molar-refractivity contribution is 6.40. The van der Waals surface area contributed by atoms with Gasteiger partial charge in [0.15, 0.2) is 0 Å². The number of esters is 1. The molecule has 2 fully saturated rings. The summed E-state index contributed by atoms with van der Waals surface area (Å²) in [5.41, 5.74) is 1.55. The number of hydrogen-bond donors (Lipinski definition) is 2. The molecule has 2 amide bonds. The molecule has 1 aromatic rings. The lowest BCUT2D eigenvalue weighted by atomic mass is 10.1. The van der Waals surface area contributed by atoms with E-state index in [1.807, 2.05) is 0 Å². The summed E-state index contributed by atoms with van der Waals surface area (Å²) >= 11 is 0. The molecule has 0 bridgehead atoms. The maximum Gasteiger partial charge on any atom is 0.337 e. The summed E-state index contributed by atoms with van der Waals surface area (Å²) in [6, 6.07) is 4.99. The molecule has 0 aromatic heterocycles.